The summed E-state index contributed by atoms with van der Waals surface area (Å²) < 4.78 is 0. The molecule has 0 heterocycles. The number of aldehydes is 1. The highest BCUT2D eigenvalue weighted by Crippen LogP contribution is 2.53. The number of carbonyl (C=O) groups is 1. The van der Waals surface area contributed by atoms with E-state index in [0.717, 1.165) is 11.8 Å². The second-order valence-electron chi connectivity index (χ2n) is 4.55. The predicted molar refractivity (Wildman–Crippen MR) is 48.8 cm³/mol. The van der Waals surface area contributed by atoms with E-state index in [1.165, 1.54) is 38.4 Å². The minimum Gasteiger partial charge on any atom is -0.303 e. The van der Waals surface area contributed by atoms with E-state index in [-0.39, 0.29) is 0 Å². The van der Waals surface area contributed by atoms with Gasteiger partial charge in [0.15, 0.2) is 0 Å². The lowest BCUT2D eigenvalue weighted by Gasteiger charge is -2.21. The number of carbonyl (C=O) groups excluding carboxylic acids is 1. The average molecular weight is 166 g/mol. The first-order chi connectivity index (χ1) is 5.84. The molecule has 0 aromatic heterocycles. The van der Waals surface area contributed by atoms with Crippen LogP contribution < -0.4 is 0 Å². The lowest BCUT2D eigenvalue weighted by molar-refractivity contribution is -0.109. The Bertz CT molecular complexity index is 170. The van der Waals surface area contributed by atoms with Crippen LogP contribution in [0.5, 0.6) is 0 Å². The average Bonchev–Trinajstić information content (AvgIpc) is 2.78. The van der Waals surface area contributed by atoms with Gasteiger partial charge in [0.2, 0.25) is 0 Å². The molecule has 0 N–H and O–H groups in total. The molecule has 2 aliphatic carbocycles. The standard InChI is InChI=1S/C11H18O/c1-8-10(7-12)11(8)9-5-3-2-4-6-9/h7-11H,2-6H2,1H3/t8-,10+,11+/m1/s1. The summed E-state index contributed by atoms with van der Waals surface area (Å²) >= 11 is 0. The van der Waals surface area contributed by atoms with E-state index in [1.54, 1.807) is 0 Å². The molecule has 2 fully saturated rings. The van der Waals surface area contributed by atoms with E-state index < -0.39 is 0 Å². The first-order valence-corrected chi connectivity index (χ1v) is 5.30. The molecule has 68 valence electrons. The fraction of sp³-hybridized carbons (Fsp3) is 0.909. The fourth-order valence-electron chi connectivity index (χ4n) is 3.00. The molecule has 3 atom stereocenters. The third-order valence-corrected chi connectivity index (χ3v) is 3.87. The van der Waals surface area contributed by atoms with Crippen LogP contribution >= 0.6 is 0 Å². The Morgan fingerprint density at radius 3 is 2.33 bits per heavy atom. The van der Waals surface area contributed by atoms with Gasteiger partial charge in [0.25, 0.3) is 0 Å². The summed E-state index contributed by atoms with van der Waals surface area (Å²) in [5.41, 5.74) is 0. The molecule has 12 heavy (non-hydrogen) atoms. The quantitative estimate of drug-likeness (QED) is 0.576. The first-order valence-electron chi connectivity index (χ1n) is 5.30. The largest absolute Gasteiger partial charge is 0.303 e. The normalized spacial score (nSPS) is 42.6. The van der Waals surface area contributed by atoms with Crippen LogP contribution in [0.3, 0.4) is 0 Å². The Morgan fingerprint density at radius 1 is 1.17 bits per heavy atom. The van der Waals surface area contributed by atoms with Gasteiger partial charge in [0, 0.05) is 5.92 Å². The third kappa shape index (κ3) is 1.30. The van der Waals surface area contributed by atoms with E-state index in [9.17, 15) is 4.79 Å². The molecule has 2 saturated carbocycles. The zero-order valence-corrected chi connectivity index (χ0v) is 7.83. The van der Waals surface area contributed by atoms with Crippen molar-refractivity contribution in [3.63, 3.8) is 0 Å². The zero-order chi connectivity index (χ0) is 8.55. The molecule has 0 bridgehead atoms. The van der Waals surface area contributed by atoms with Crippen molar-refractivity contribution in [2.45, 2.75) is 39.0 Å². The molecule has 0 saturated heterocycles. The Morgan fingerprint density at radius 2 is 1.83 bits per heavy atom. The van der Waals surface area contributed by atoms with Crippen LogP contribution in [0.15, 0.2) is 0 Å². The second kappa shape index (κ2) is 3.20. The molecule has 0 spiro atoms. The van der Waals surface area contributed by atoms with E-state index in [1.807, 2.05) is 0 Å². The van der Waals surface area contributed by atoms with Gasteiger partial charge in [-0.2, -0.15) is 0 Å². The van der Waals surface area contributed by atoms with Gasteiger partial charge in [-0.25, -0.2) is 0 Å². The lowest BCUT2D eigenvalue weighted by Crippen LogP contribution is -2.10. The number of rotatable bonds is 2. The molecule has 1 heteroatoms. The molecule has 0 amide bonds. The van der Waals surface area contributed by atoms with Gasteiger partial charge in [-0.15, -0.1) is 0 Å². The van der Waals surface area contributed by atoms with E-state index in [4.69, 9.17) is 0 Å². The Hall–Kier alpha value is -0.330. The van der Waals surface area contributed by atoms with E-state index in [2.05, 4.69) is 6.92 Å². The SMILES string of the molecule is C[C@@H]1[C@H](C=O)[C@@H]1C1CCCCC1. The van der Waals surface area contributed by atoms with Crippen LogP contribution in [-0.2, 0) is 4.79 Å². The molecule has 2 aliphatic rings. The summed E-state index contributed by atoms with van der Waals surface area (Å²) in [5, 5.41) is 0. The van der Waals surface area contributed by atoms with Gasteiger partial charge in [0.1, 0.15) is 6.29 Å². The summed E-state index contributed by atoms with van der Waals surface area (Å²) in [4.78, 5) is 10.6. The van der Waals surface area contributed by atoms with Crippen LogP contribution in [0.4, 0.5) is 0 Å². The smallest absolute Gasteiger partial charge is 0.123 e. The zero-order valence-electron chi connectivity index (χ0n) is 7.83. The predicted octanol–water partition coefficient (Wildman–Crippen LogP) is 2.65. The van der Waals surface area contributed by atoms with Crippen LogP contribution in [0.2, 0.25) is 0 Å². The maximum Gasteiger partial charge on any atom is 0.123 e. The Kier molecular flexibility index (Phi) is 2.20. The van der Waals surface area contributed by atoms with Crippen molar-refractivity contribution in [1.29, 1.82) is 0 Å². The highest BCUT2D eigenvalue weighted by molar-refractivity contribution is 5.59. The summed E-state index contributed by atoms with van der Waals surface area (Å²) in [7, 11) is 0. The van der Waals surface area contributed by atoms with Crippen molar-refractivity contribution in [2.75, 3.05) is 0 Å². The molecule has 2 rings (SSSR count). The summed E-state index contributed by atoms with van der Waals surface area (Å²) in [6.07, 6.45) is 8.19. The Labute approximate surface area is 74.5 Å². The van der Waals surface area contributed by atoms with Crippen LogP contribution in [0.25, 0.3) is 0 Å². The van der Waals surface area contributed by atoms with Crippen molar-refractivity contribution >= 4 is 6.29 Å². The molecule has 0 aromatic rings. The van der Waals surface area contributed by atoms with Crippen LogP contribution in [-0.4, -0.2) is 6.29 Å². The molecule has 0 unspecified atom stereocenters. The van der Waals surface area contributed by atoms with Crippen LogP contribution in [0.1, 0.15) is 39.0 Å². The van der Waals surface area contributed by atoms with E-state index >= 15 is 0 Å². The maximum atomic E-state index is 10.6. The molecule has 0 aliphatic heterocycles. The monoisotopic (exact) mass is 166 g/mol. The van der Waals surface area contributed by atoms with Gasteiger partial charge in [-0.3, -0.25) is 0 Å². The lowest BCUT2D eigenvalue weighted by atomic mass is 9.84. The van der Waals surface area contributed by atoms with Crippen molar-refractivity contribution in [2.24, 2.45) is 23.7 Å². The molecular weight excluding hydrogens is 148 g/mol. The molecule has 0 radical (unpaired) electrons. The summed E-state index contributed by atoms with van der Waals surface area (Å²) in [6, 6.07) is 0. The van der Waals surface area contributed by atoms with Crippen molar-refractivity contribution in [3.8, 4) is 0 Å². The van der Waals surface area contributed by atoms with Gasteiger partial charge < -0.3 is 4.79 Å². The highest BCUT2D eigenvalue weighted by atomic mass is 16.1. The van der Waals surface area contributed by atoms with Crippen molar-refractivity contribution in [1.82, 2.24) is 0 Å². The van der Waals surface area contributed by atoms with Gasteiger partial charge >= 0.3 is 0 Å². The van der Waals surface area contributed by atoms with Crippen molar-refractivity contribution in [3.05, 3.63) is 0 Å². The Balaban J connectivity index is 1.88. The van der Waals surface area contributed by atoms with Crippen molar-refractivity contribution < 1.29 is 4.79 Å². The maximum absolute atomic E-state index is 10.6. The van der Waals surface area contributed by atoms with Gasteiger partial charge in [-0.05, 0) is 17.8 Å². The van der Waals surface area contributed by atoms with Gasteiger partial charge in [0.05, 0.1) is 0 Å². The molecule has 1 nitrogen and oxygen atoms in total. The summed E-state index contributed by atoms with van der Waals surface area (Å²) in [6.45, 7) is 2.23. The molecular formula is C11H18O. The number of hydrogen-bond donors (Lipinski definition) is 0. The number of hydrogen-bond acceptors (Lipinski definition) is 1. The minimum atomic E-state index is 0.424. The fourth-order valence-corrected chi connectivity index (χ4v) is 3.00. The third-order valence-electron chi connectivity index (χ3n) is 3.87. The second-order valence-corrected chi connectivity index (χ2v) is 4.55. The van der Waals surface area contributed by atoms with E-state index in [0.29, 0.717) is 11.8 Å². The van der Waals surface area contributed by atoms with Gasteiger partial charge in [-0.1, -0.05) is 39.0 Å². The topological polar surface area (TPSA) is 17.1 Å². The van der Waals surface area contributed by atoms with Crippen LogP contribution in [0, 0.1) is 23.7 Å². The highest BCUT2D eigenvalue weighted by Gasteiger charge is 2.50. The minimum absolute atomic E-state index is 0.424. The summed E-state index contributed by atoms with van der Waals surface area (Å²) in [5.74, 6) is 2.78. The molecule has 0 aromatic carbocycles. The first kappa shape index (κ1) is 8.28.